The first-order chi connectivity index (χ1) is 23.2. The standard InChI is InChI=1S/C30H43IN9O3P.2C2H6/c1-7-42-29(32)22-8-9-24-23-14-25(33-15-27(23)40(36-24)44-31)28-21(4)35-38(6)30(28)43-20(3)17-37(5)18-26(22)34-19(2)16-39-10-12-41-13-11-39;2*1-2/h8-9,14-15,19-20,44H,7,10-13,16-18,32H2,1-6H3;2*1-2H3/b9-8+,29-22+,34-26?;;. The van der Waals surface area contributed by atoms with E-state index < -0.39 is 0 Å². The molecule has 0 radical (unpaired) electrons. The van der Waals surface area contributed by atoms with Crippen molar-refractivity contribution in [3.8, 4) is 17.1 Å². The summed E-state index contributed by atoms with van der Waals surface area (Å²) < 4.78 is 21.8. The molecule has 0 amide bonds. The van der Waals surface area contributed by atoms with Crippen LogP contribution in [0.1, 0.15) is 59.9 Å². The molecule has 3 atom stereocenters. The third-order valence-electron chi connectivity index (χ3n) is 7.69. The topological polar surface area (TPSA) is 121 Å². The van der Waals surface area contributed by atoms with Crippen molar-refractivity contribution in [2.75, 3.05) is 59.6 Å². The maximum Gasteiger partial charge on any atom is 0.221 e. The Morgan fingerprint density at radius 1 is 1.17 bits per heavy atom. The highest BCUT2D eigenvalue weighted by Crippen LogP contribution is 2.37. The van der Waals surface area contributed by atoms with Crippen LogP contribution in [-0.2, 0) is 16.5 Å². The number of aliphatic imine (C=N–C) groups is 1. The first-order valence-electron chi connectivity index (χ1n) is 17.0. The number of ether oxygens (including phenoxy) is 3. The number of morpholine rings is 1. The molecule has 0 saturated carbocycles. The quantitative estimate of drug-likeness (QED) is 0.180. The Labute approximate surface area is 301 Å². The van der Waals surface area contributed by atoms with Gasteiger partial charge in [0.15, 0.2) is 5.88 Å². The Morgan fingerprint density at radius 3 is 2.54 bits per heavy atom. The fraction of sp³-hybridized carbons (Fsp3) is 0.588. The molecule has 3 unspecified atom stereocenters. The average Bonchev–Trinajstić information content (AvgIpc) is 3.57. The Morgan fingerprint density at radius 2 is 1.88 bits per heavy atom. The summed E-state index contributed by atoms with van der Waals surface area (Å²) in [5.41, 5.74) is 12.6. The number of nitrogens with zero attached hydrogens (tertiary/aromatic N) is 8. The molecule has 266 valence electrons. The van der Waals surface area contributed by atoms with Gasteiger partial charge in [-0.2, -0.15) is 10.2 Å². The predicted octanol–water partition coefficient (Wildman–Crippen LogP) is 6.08. The number of halogens is 1. The molecule has 1 fully saturated rings. The molecule has 2 N–H and O–H groups in total. The van der Waals surface area contributed by atoms with Crippen molar-refractivity contribution in [2.24, 2.45) is 17.8 Å². The van der Waals surface area contributed by atoms with E-state index in [-0.39, 0.29) is 12.1 Å². The van der Waals surface area contributed by atoms with Gasteiger partial charge >= 0.3 is 0 Å². The van der Waals surface area contributed by atoms with Gasteiger partial charge in [-0.15, -0.1) is 0 Å². The molecule has 14 heteroatoms. The van der Waals surface area contributed by atoms with Gasteiger partial charge in [0, 0.05) is 45.2 Å². The van der Waals surface area contributed by atoms with Gasteiger partial charge in [-0.05, 0) is 75.0 Å². The van der Waals surface area contributed by atoms with Gasteiger partial charge < -0.3 is 19.9 Å². The third-order valence-corrected chi connectivity index (χ3v) is 9.56. The van der Waals surface area contributed by atoms with Gasteiger partial charge in [0.2, 0.25) is 5.88 Å². The fourth-order valence-corrected chi connectivity index (χ4v) is 7.31. The number of hydrogen-bond acceptors (Lipinski definition) is 10. The number of fused-ring (bicyclic) bond motifs is 3. The van der Waals surface area contributed by atoms with E-state index in [0.29, 0.717) is 37.8 Å². The summed E-state index contributed by atoms with van der Waals surface area (Å²) in [6.45, 7) is 22.0. The van der Waals surface area contributed by atoms with Gasteiger partial charge in [-0.1, -0.05) is 27.7 Å². The lowest BCUT2D eigenvalue weighted by Gasteiger charge is -2.29. The van der Waals surface area contributed by atoms with Crippen LogP contribution in [0, 0.1) is 6.92 Å². The number of likely N-dealkylation sites (N-methyl/N-ethyl adjacent to an activating group) is 1. The number of allylic oxidation sites excluding steroid dienone is 1. The molecule has 0 aliphatic carbocycles. The minimum atomic E-state index is -0.139. The molecule has 48 heavy (non-hydrogen) atoms. The van der Waals surface area contributed by atoms with Crippen LogP contribution in [0.2, 0.25) is 0 Å². The largest absolute Gasteiger partial charge is 0.479 e. The molecule has 2 aliphatic rings. The lowest BCUT2D eigenvalue weighted by molar-refractivity contribution is 0.0361. The molecule has 0 aromatic carbocycles. The van der Waals surface area contributed by atoms with E-state index in [1.54, 1.807) is 4.68 Å². The van der Waals surface area contributed by atoms with E-state index in [0.717, 1.165) is 77.7 Å². The molecular weight excluding hydrogens is 740 g/mol. The van der Waals surface area contributed by atoms with Crippen molar-refractivity contribution in [3.05, 3.63) is 41.2 Å². The van der Waals surface area contributed by atoms with E-state index >= 15 is 0 Å². The molecule has 12 nitrogen and oxygen atoms in total. The SMILES string of the molecule is CC.CC.CCO/C(N)=C1\C=C\c2nn(PI)c3cnc(cc23)-c2c(C)nn(C)c2OC(C)CN(C)CC1=NC(C)CN1CCOCC1. The number of rotatable bonds is 6. The van der Waals surface area contributed by atoms with E-state index in [1.165, 1.54) is 0 Å². The van der Waals surface area contributed by atoms with Crippen LogP contribution in [0.4, 0.5) is 0 Å². The Kier molecular flexibility index (Phi) is 16.2. The van der Waals surface area contributed by atoms with Gasteiger partial charge in [0.05, 0.1) is 77.9 Å². The van der Waals surface area contributed by atoms with Crippen LogP contribution in [-0.4, -0.2) is 112 Å². The molecule has 0 spiro atoms. The maximum atomic E-state index is 6.62. The van der Waals surface area contributed by atoms with Crippen molar-refractivity contribution < 1.29 is 14.2 Å². The van der Waals surface area contributed by atoms with Crippen molar-refractivity contribution in [2.45, 2.75) is 67.5 Å². The van der Waals surface area contributed by atoms with Crippen molar-refractivity contribution >= 4 is 51.1 Å². The molecule has 2 aliphatic heterocycles. The van der Waals surface area contributed by atoms with Gasteiger partial charge in [-0.25, -0.2) is 9.13 Å². The van der Waals surface area contributed by atoms with Crippen molar-refractivity contribution in [3.63, 3.8) is 0 Å². The number of nitrogens with two attached hydrogens (primary N) is 1. The summed E-state index contributed by atoms with van der Waals surface area (Å²) >= 11 is 2.34. The zero-order chi connectivity index (χ0) is 35.4. The number of pyridine rings is 1. The zero-order valence-electron chi connectivity index (χ0n) is 30.4. The highest BCUT2D eigenvalue weighted by molar-refractivity contribution is 14.2. The highest BCUT2D eigenvalue weighted by atomic mass is 127. The van der Waals surface area contributed by atoms with Crippen molar-refractivity contribution in [1.29, 1.82) is 0 Å². The third kappa shape index (κ3) is 9.99. The Balaban J connectivity index is 0.00000151. The first kappa shape index (κ1) is 39.9. The van der Waals surface area contributed by atoms with E-state index in [2.05, 4.69) is 63.9 Å². The van der Waals surface area contributed by atoms with Crippen LogP contribution < -0.4 is 10.5 Å². The molecule has 1 saturated heterocycles. The normalized spacial score (nSPS) is 21.0. The average molecular weight is 796 g/mol. The predicted molar refractivity (Wildman–Crippen MR) is 209 cm³/mol. The van der Waals surface area contributed by atoms with E-state index in [4.69, 9.17) is 35.0 Å². The van der Waals surface area contributed by atoms with Crippen LogP contribution >= 0.6 is 28.4 Å². The second-order valence-electron chi connectivity index (χ2n) is 11.4. The Bertz CT molecular complexity index is 1560. The summed E-state index contributed by atoms with van der Waals surface area (Å²) in [5.74, 6) is 1.04. The number of hydrogen-bond donors (Lipinski definition) is 1. The van der Waals surface area contributed by atoms with Gasteiger partial charge in [0.1, 0.15) is 6.10 Å². The monoisotopic (exact) mass is 795 g/mol. The molecular formula is C34H55IN9O3P. The number of aryl methyl sites for hydroxylation is 2. The lowest BCUT2D eigenvalue weighted by atomic mass is 10.1. The first-order valence-corrected chi connectivity index (χ1v) is 21.1. The Hall–Kier alpha value is -2.58. The van der Waals surface area contributed by atoms with Crippen LogP contribution in [0.3, 0.4) is 0 Å². The summed E-state index contributed by atoms with van der Waals surface area (Å²) in [7, 11) is 3.98. The summed E-state index contributed by atoms with van der Waals surface area (Å²) in [6, 6.07) is 2.12. The molecule has 5 heterocycles. The second kappa shape index (κ2) is 19.6. The van der Waals surface area contributed by atoms with E-state index in [9.17, 15) is 0 Å². The van der Waals surface area contributed by atoms with Crippen LogP contribution in [0.25, 0.3) is 28.2 Å². The van der Waals surface area contributed by atoms with E-state index in [1.807, 2.05) is 71.4 Å². The molecule has 2 bridgehead atoms. The highest BCUT2D eigenvalue weighted by Gasteiger charge is 2.24. The molecule has 3 aromatic heterocycles. The van der Waals surface area contributed by atoms with Crippen molar-refractivity contribution in [1.82, 2.24) is 34.1 Å². The second-order valence-corrected chi connectivity index (χ2v) is 13.4. The maximum absolute atomic E-state index is 6.62. The zero-order valence-corrected chi connectivity index (χ0v) is 33.5. The molecule has 5 rings (SSSR count). The fourth-order valence-electron chi connectivity index (χ4n) is 5.79. The molecule has 3 aromatic rings. The summed E-state index contributed by atoms with van der Waals surface area (Å²) in [5, 5.41) is 10.6. The van der Waals surface area contributed by atoms with Gasteiger partial charge in [0.25, 0.3) is 0 Å². The summed E-state index contributed by atoms with van der Waals surface area (Å²) in [4.78, 5) is 14.7. The van der Waals surface area contributed by atoms with Crippen LogP contribution in [0.15, 0.2) is 34.8 Å². The lowest BCUT2D eigenvalue weighted by Crippen LogP contribution is -2.40. The smallest absolute Gasteiger partial charge is 0.221 e. The van der Waals surface area contributed by atoms with Gasteiger partial charge in [-0.3, -0.25) is 19.8 Å². The minimum Gasteiger partial charge on any atom is -0.479 e. The number of aromatic nitrogens is 5. The minimum absolute atomic E-state index is 0.0407. The summed E-state index contributed by atoms with van der Waals surface area (Å²) in [6.07, 6.45) is 6.18. The van der Waals surface area contributed by atoms with Crippen LogP contribution in [0.5, 0.6) is 5.88 Å².